The Balaban J connectivity index is 2.43. The summed E-state index contributed by atoms with van der Waals surface area (Å²) >= 11 is 0. The minimum Gasteiger partial charge on any atom is -0.508 e. The van der Waals surface area contributed by atoms with E-state index in [0.717, 1.165) is 12.8 Å². The SMILES string of the molecule is C=C(C)CC1C=CC(O)=CC1. The lowest BCUT2D eigenvalue weighted by Gasteiger charge is -2.13. The normalized spacial score (nSPS) is 23.0. The van der Waals surface area contributed by atoms with Crippen molar-refractivity contribution in [1.82, 2.24) is 0 Å². The Morgan fingerprint density at radius 1 is 1.82 bits per heavy atom. The van der Waals surface area contributed by atoms with Gasteiger partial charge in [0.15, 0.2) is 0 Å². The molecule has 1 atom stereocenters. The maximum absolute atomic E-state index is 9.01. The summed E-state index contributed by atoms with van der Waals surface area (Å²) in [5.74, 6) is 0.936. The van der Waals surface area contributed by atoms with Gasteiger partial charge in [-0.2, -0.15) is 0 Å². The second kappa shape index (κ2) is 3.42. The zero-order valence-electron chi connectivity index (χ0n) is 6.88. The fraction of sp³-hybridized carbons (Fsp3) is 0.400. The van der Waals surface area contributed by atoms with Gasteiger partial charge in [-0.25, -0.2) is 0 Å². The number of hydrogen-bond acceptors (Lipinski definition) is 1. The van der Waals surface area contributed by atoms with Crippen molar-refractivity contribution in [3.05, 3.63) is 36.1 Å². The second-order valence-corrected chi connectivity index (χ2v) is 3.15. The molecule has 1 heteroatoms. The number of rotatable bonds is 2. The lowest BCUT2D eigenvalue weighted by Crippen LogP contribution is -1.99. The van der Waals surface area contributed by atoms with E-state index in [0.29, 0.717) is 11.7 Å². The Kier molecular flexibility index (Phi) is 2.53. The van der Waals surface area contributed by atoms with Gasteiger partial charge in [0, 0.05) is 0 Å². The predicted octanol–water partition coefficient (Wildman–Crippen LogP) is 2.97. The molecule has 0 aliphatic heterocycles. The summed E-state index contributed by atoms with van der Waals surface area (Å²) in [5.41, 5.74) is 1.20. The average molecular weight is 150 g/mol. The molecule has 1 aliphatic rings. The highest BCUT2D eigenvalue weighted by Gasteiger charge is 2.07. The van der Waals surface area contributed by atoms with Gasteiger partial charge < -0.3 is 5.11 Å². The number of allylic oxidation sites excluding steroid dienone is 4. The molecule has 0 spiro atoms. The van der Waals surface area contributed by atoms with Crippen molar-refractivity contribution >= 4 is 0 Å². The number of aliphatic hydroxyl groups excluding tert-OH is 1. The Labute approximate surface area is 67.7 Å². The summed E-state index contributed by atoms with van der Waals surface area (Å²) in [4.78, 5) is 0. The van der Waals surface area contributed by atoms with Crippen molar-refractivity contribution in [3.63, 3.8) is 0 Å². The van der Waals surface area contributed by atoms with Crippen molar-refractivity contribution in [3.8, 4) is 0 Å². The topological polar surface area (TPSA) is 20.2 Å². The summed E-state index contributed by atoms with van der Waals surface area (Å²) in [6, 6.07) is 0. The molecule has 0 radical (unpaired) electrons. The monoisotopic (exact) mass is 150 g/mol. The molecular formula is C10H14O. The van der Waals surface area contributed by atoms with E-state index in [1.807, 2.05) is 19.1 Å². The van der Waals surface area contributed by atoms with Crippen LogP contribution in [0.1, 0.15) is 19.8 Å². The third-order valence-corrected chi connectivity index (χ3v) is 1.78. The molecule has 0 bridgehead atoms. The smallest absolute Gasteiger partial charge is 0.111 e. The van der Waals surface area contributed by atoms with E-state index in [2.05, 4.69) is 6.58 Å². The first kappa shape index (κ1) is 8.12. The second-order valence-electron chi connectivity index (χ2n) is 3.15. The van der Waals surface area contributed by atoms with Crippen molar-refractivity contribution in [1.29, 1.82) is 0 Å². The van der Waals surface area contributed by atoms with Gasteiger partial charge in [-0.05, 0) is 37.8 Å². The Morgan fingerprint density at radius 2 is 2.55 bits per heavy atom. The molecule has 1 unspecified atom stereocenters. The van der Waals surface area contributed by atoms with Crippen LogP contribution in [0, 0.1) is 5.92 Å². The summed E-state index contributed by atoms with van der Waals surface area (Å²) in [6.45, 7) is 5.88. The van der Waals surface area contributed by atoms with E-state index in [4.69, 9.17) is 5.11 Å². The number of hydrogen-bond donors (Lipinski definition) is 1. The maximum atomic E-state index is 9.01. The van der Waals surface area contributed by atoms with E-state index in [1.54, 1.807) is 6.08 Å². The van der Waals surface area contributed by atoms with Crippen LogP contribution in [0.15, 0.2) is 36.1 Å². The largest absolute Gasteiger partial charge is 0.508 e. The molecule has 1 N–H and O–H groups in total. The molecule has 1 aliphatic carbocycles. The molecule has 0 amide bonds. The van der Waals surface area contributed by atoms with Crippen molar-refractivity contribution in [2.24, 2.45) is 5.92 Å². The molecule has 1 nitrogen and oxygen atoms in total. The molecule has 60 valence electrons. The minimum absolute atomic E-state index is 0.392. The quantitative estimate of drug-likeness (QED) is 0.600. The fourth-order valence-electron chi connectivity index (χ4n) is 1.25. The third kappa shape index (κ3) is 2.62. The average Bonchev–Trinajstić information content (AvgIpc) is 1.93. The van der Waals surface area contributed by atoms with E-state index in [9.17, 15) is 0 Å². The highest BCUT2D eigenvalue weighted by Crippen LogP contribution is 2.20. The van der Waals surface area contributed by atoms with Gasteiger partial charge in [-0.15, -0.1) is 6.58 Å². The maximum Gasteiger partial charge on any atom is 0.111 e. The zero-order chi connectivity index (χ0) is 8.27. The van der Waals surface area contributed by atoms with Gasteiger partial charge in [-0.3, -0.25) is 0 Å². The molecule has 11 heavy (non-hydrogen) atoms. The lowest BCUT2D eigenvalue weighted by atomic mass is 9.94. The van der Waals surface area contributed by atoms with E-state index in [-0.39, 0.29) is 0 Å². The van der Waals surface area contributed by atoms with Gasteiger partial charge >= 0.3 is 0 Å². The Bertz CT molecular complexity index is 211. The Morgan fingerprint density at radius 3 is 3.00 bits per heavy atom. The van der Waals surface area contributed by atoms with Crippen LogP contribution in [0.25, 0.3) is 0 Å². The summed E-state index contributed by atoms with van der Waals surface area (Å²) in [6.07, 6.45) is 7.63. The van der Waals surface area contributed by atoms with E-state index in [1.165, 1.54) is 5.57 Å². The van der Waals surface area contributed by atoms with Gasteiger partial charge in [0.1, 0.15) is 5.76 Å². The summed E-state index contributed by atoms with van der Waals surface area (Å²) in [5, 5.41) is 9.01. The molecular weight excluding hydrogens is 136 g/mol. The first-order valence-electron chi connectivity index (χ1n) is 3.90. The lowest BCUT2D eigenvalue weighted by molar-refractivity contribution is 0.420. The molecule has 0 aromatic rings. The van der Waals surface area contributed by atoms with Crippen LogP contribution in [0.5, 0.6) is 0 Å². The fourth-order valence-corrected chi connectivity index (χ4v) is 1.25. The minimum atomic E-state index is 0.392. The summed E-state index contributed by atoms with van der Waals surface area (Å²) in [7, 11) is 0. The first-order chi connectivity index (χ1) is 5.18. The molecule has 0 aromatic carbocycles. The van der Waals surface area contributed by atoms with Crippen LogP contribution < -0.4 is 0 Å². The van der Waals surface area contributed by atoms with Gasteiger partial charge in [0.2, 0.25) is 0 Å². The van der Waals surface area contributed by atoms with Crippen molar-refractivity contribution < 1.29 is 5.11 Å². The standard InChI is InChI=1S/C10H14O/c1-8(2)7-9-3-5-10(11)6-4-9/h3,5-6,9,11H,1,4,7H2,2H3. The molecule has 1 rings (SSSR count). The highest BCUT2D eigenvalue weighted by atomic mass is 16.3. The van der Waals surface area contributed by atoms with Crippen LogP contribution in [-0.2, 0) is 0 Å². The summed E-state index contributed by atoms with van der Waals surface area (Å²) < 4.78 is 0. The van der Waals surface area contributed by atoms with E-state index < -0.39 is 0 Å². The van der Waals surface area contributed by atoms with Crippen LogP contribution in [0.2, 0.25) is 0 Å². The van der Waals surface area contributed by atoms with Crippen LogP contribution >= 0.6 is 0 Å². The molecule has 0 saturated carbocycles. The zero-order valence-corrected chi connectivity index (χ0v) is 6.88. The van der Waals surface area contributed by atoms with Gasteiger partial charge in [-0.1, -0.05) is 11.6 Å². The highest BCUT2D eigenvalue weighted by molar-refractivity contribution is 5.18. The van der Waals surface area contributed by atoms with Crippen LogP contribution in [0.4, 0.5) is 0 Å². The first-order valence-corrected chi connectivity index (χ1v) is 3.90. The van der Waals surface area contributed by atoms with Crippen molar-refractivity contribution in [2.75, 3.05) is 0 Å². The number of aliphatic hydroxyl groups is 1. The third-order valence-electron chi connectivity index (χ3n) is 1.78. The van der Waals surface area contributed by atoms with Gasteiger partial charge in [0.25, 0.3) is 0 Å². The predicted molar refractivity (Wildman–Crippen MR) is 47.4 cm³/mol. The van der Waals surface area contributed by atoms with E-state index >= 15 is 0 Å². The molecule has 0 heterocycles. The van der Waals surface area contributed by atoms with Gasteiger partial charge in [0.05, 0.1) is 0 Å². The Hall–Kier alpha value is -0.980. The van der Waals surface area contributed by atoms with Crippen LogP contribution in [-0.4, -0.2) is 5.11 Å². The molecule has 0 aromatic heterocycles. The molecule has 0 fully saturated rings. The molecule has 0 saturated heterocycles. The van der Waals surface area contributed by atoms with Crippen LogP contribution in [0.3, 0.4) is 0 Å². The van der Waals surface area contributed by atoms with Crippen molar-refractivity contribution in [2.45, 2.75) is 19.8 Å².